The van der Waals surface area contributed by atoms with Crippen molar-refractivity contribution in [1.29, 1.82) is 0 Å². The quantitative estimate of drug-likeness (QED) is 0.583. The zero-order valence-corrected chi connectivity index (χ0v) is 18.8. The van der Waals surface area contributed by atoms with Crippen LogP contribution in [0.3, 0.4) is 0 Å². The lowest BCUT2D eigenvalue weighted by atomic mass is 10.1. The molecule has 1 aliphatic rings. The van der Waals surface area contributed by atoms with Gasteiger partial charge in [-0.25, -0.2) is 13.4 Å². The number of carbonyl (C=O) groups is 1. The van der Waals surface area contributed by atoms with Gasteiger partial charge >= 0.3 is 0 Å². The summed E-state index contributed by atoms with van der Waals surface area (Å²) in [6.45, 7) is 0.923. The summed E-state index contributed by atoms with van der Waals surface area (Å²) in [5, 5.41) is 2.69. The number of benzene rings is 1. The number of ether oxygens (including phenoxy) is 1. The summed E-state index contributed by atoms with van der Waals surface area (Å²) in [4.78, 5) is 17.4. The highest BCUT2D eigenvalue weighted by molar-refractivity contribution is 7.89. The molecule has 1 N–H and O–H groups in total. The lowest BCUT2D eigenvalue weighted by Gasteiger charge is -2.24. The number of hydrogen-bond donors (Lipinski definition) is 1. The highest BCUT2D eigenvalue weighted by Crippen LogP contribution is 2.25. The van der Waals surface area contributed by atoms with Gasteiger partial charge in [-0.05, 0) is 42.7 Å². The molecule has 3 heterocycles. The van der Waals surface area contributed by atoms with E-state index in [2.05, 4.69) is 10.3 Å². The molecular weight excluding hydrogens is 432 g/mol. The van der Waals surface area contributed by atoms with Crippen LogP contribution in [0, 0.1) is 0 Å². The van der Waals surface area contributed by atoms with Gasteiger partial charge in [-0.2, -0.15) is 4.31 Å². The Bertz CT molecular complexity index is 1180. The third kappa shape index (κ3) is 4.42. The molecule has 170 valence electrons. The van der Waals surface area contributed by atoms with Crippen LogP contribution in [0.25, 0.3) is 0 Å². The van der Waals surface area contributed by atoms with Crippen molar-refractivity contribution in [1.82, 2.24) is 19.2 Å². The summed E-state index contributed by atoms with van der Waals surface area (Å²) in [7, 11) is -0.339. The Morgan fingerprint density at radius 2 is 1.84 bits per heavy atom. The maximum absolute atomic E-state index is 13.0. The van der Waals surface area contributed by atoms with Crippen molar-refractivity contribution in [3.05, 3.63) is 65.9 Å². The molecule has 1 aliphatic heterocycles. The Morgan fingerprint density at radius 3 is 2.47 bits per heavy atom. The van der Waals surface area contributed by atoms with Gasteiger partial charge in [0.1, 0.15) is 17.6 Å². The smallest absolute Gasteiger partial charge is 0.287 e. The number of carbonyl (C=O) groups excluding carboxylic acids is 1. The van der Waals surface area contributed by atoms with Gasteiger partial charge < -0.3 is 19.0 Å². The van der Waals surface area contributed by atoms with Gasteiger partial charge in [-0.1, -0.05) is 18.6 Å². The Labute approximate surface area is 187 Å². The van der Waals surface area contributed by atoms with Gasteiger partial charge in [-0.3, -0.25) is 4.79 Å². The predicted octanol–water partition coefficient (Wildman–Crippen LogP) is 2.72. The molecular formula is C22H26N4O5S. The summed E-state index contributed by atoms with van der Waals surface area (Å²) in [5.74, 6) is 0.704. The lowest BCUT2D eigenvalue weighted by molar-refractivity contribution is 0.0907. The van der Waals surface area contributed by atoms with Gasteiger partial charge in [-0.15, -0.1) is 0 Å². The number of methoxy groups -OCH3 is 1. The summed E-state index contributed by atoms with van der Waals surface area (Å²) >= 11 is 0. The summed E-state index contributed by atoms with van der Waals surface area (Å²) < 4.78 is 39.6. The van der Waals surface area contributed by atoms with Crippen molar-refractivity contribution in [3.8, 4) is 5.75 Å². The van der Waals surface area contributed by atoms with Crippen LogP contribution in [0.5, 0.6) is 5.75 Å². The van der Waals surface area contributed by atoms with Crippen LogP contribution in [-0.2, 0) is 17.1 Å². The van der Waals surface area contributed by atoms with Crippen molar-refractivity contribution in [2.24, 2.45) is 7.05 Å². The second kappa shape index (κ2) is 9.17. The minimum absolute atomic E-state index is 0.0756. The van der Waals surface area contributed by atoms with E-state index in [9.17, 15) is 13.2 Å². The van der Waals surface area contributed by atoms with Gasteiger partial charge in [0, 0.05) is 32.5 Å². The van der Waals surface area contributed by atoms with E-state index in [0.29, 0.717) is 24.7 Å². The summed E-state index contributed by atoms with van der Waals surface area (Å²) in [6, 6.07) is 9.43. The molecule has 32 heavy (non-hydrogen) atoms. The predicted molar refractivity (Wildman–Crippen MR) is 117 cm³/mol. The molecule has 1 atom stereocenters. The lowest BCUT2D eigenvalue weighted by Crippen LogP contribution is -2.35. The Balaban J connectivity index is 1.58. The minimum atomic E-state index is -3.76. The molecule has 0 saturated carbocycles. The van der Waals surface area contributed by atoms with Crippen molar-refractivity contribution >= 4 is 15.9 Å². The topological polar surface area (TPSA) is 107 Å². The molecule has 0 spiro atoms. The average molecular weight is 459 g/mol. The molecule has 0 bridgehead atoms. The van der Waals surface area contributed by atoms with Crippen molar-refractivity contribution < 1.29 is 22.4 Å². The fourth-order valence-electron chi connectivity index (χ4n) is 3.76. The monoisotopic (exact) mass is 458 g/mol. The highest BCUT2D eigenvalue weighted by atomic mass is 32.2. The standard InChI is InChI=1S/C22H26N4O5S/c1-25-15-12-23-21(25)20(16-6-8-17(30-2)9-7-16)24-22(27)18-10-11-19(31-18)32(28,29)26-13-4-3-5-14-26/h6-12,15,20H,3-5,13-14H2,1-2H3,(H,24,27). The Hall–Kier alpha value is -3.11. The first kappa shape index (κ1) is 22.1. The fourth-order valence-corrected chi connectivity index (χ4v) is 5.19. The summed E-state index contributed by atoms with van der Waals surface area (Å²) in [6.07, 6.45) is 6.08. The zero-order chi connectivity index (χ0) is 22.7. The van der Waals surface area contributed by atoms with Crippen LogP contribution in [-0.4, -0.2) is 48.4 Å². The normalized spacial score (nSPS) is 15.9. The highest BCUT2D eigenvalue weighted by Gasteiger charge is 2.30. The van der Waals surface area contributed by atoms with E-state index in [1.165, 1.54) is 16.4 Å². The number of amides is 1. The largest absolute Gasteiger partial charge is 0.497 e. The van der Waals surface area contributed by atoms with Crippen molar-refractivity contribution in [2.45, 2.75) is 30.4 Å². The summed E-state index contributed by atoms with van der Waals surface area (Å²) in [5.41, 5.74) is 0.793. The molecule has 1 aromatic carbocycles. The molecule has 1 fully saturated rings. The minimum Gasteiger partial charge on any atom is -0.497 e. The Morgan fingerprint density at radius 1 is 1.12 bits per heavy atom. The Kier molecular flexibility index (Phi) is 6.33. The number of hydrogen-bond acceptors (Lipinski definition) is 6. The molecule has 9 nitrogen and oxygen atoms in total. The van der Waals surface area contributed by atoms with E-state index >= 15 is 0 Å². The number of imidazole rings is 1. The van der Waals surface area contributed by atoms with Gasteiger partial charge in [0.05, 0.1) is 7.11 Å². The maximum Gasteiger partial charge on any atom is 0.287 e. The van der Waals surface area contributed by atoms with Gasteiger partial charge in [0.2, 0.25) is 5.09 Å². The third-order valence-corrected chi connectivity index (χ3v) is 7.33. The molecule has 0 radical (unpaired) electrons. The number of sulfonamides is 1. The van der Waals surface area contributed by atoms with Crippen LogP contribution in [0.4, 0.5) is 0 Å². The molecule has 1 amide bonds. The molecule has 1 unspecified atom stereocenters. The van der Waals surface area contributed by atoms with Crippen molar-refractivity contribution in [2.75, 3.05) is 20.2 Å². The van der Waals surface area contributed by atoms with E-state index in [0.717, 1.165) is 24.8 Å². The fraction of sp³-hybridized carbons (Fsp3) is 0.364. The van der Waals surface area contributed by atoms with Crippen LogP contribution >= 0.6 is 0 Å². The van der Waals surface area contributed by atoms with E-state index in [1.54, 1.807) is 31.6 Å². The molecule has 1 saturated heterocycles. The van der Waals surface area contributed by atoms with E-state index in [-0.39, 0.29) is 10.9 Å². The first-order valence-electron chi connectivity index (χ1n) is 10.4. The molecule has 4 rings (SSSR count). The van der Waals surface area contributed by atoms with E-state index in [4.69, 9.17) is 9.15 Å². The van der Waals surface area contributed by atoms with Crippen LogP contribution < -0.4 is 10.1 Å². The number of piperidine rings is 1. The van der Waals surface area contributed by atoms with Crippen molar-refractivity contribution in [3.63, 3.8) is 0 Å². The number of nitrogens with one attached hydrogen (secondary N) is 1. The average Bonchev–Trinajstić information content (AvgIpc) is 3.48. The van der Waals surface area contributed by atoms with E-state index in [1.807, 2.05) is 23.7 Å². The number of aromatic nitrogens is 2. The second-order valence-electron chi connectivity index (χ2n) is 7.66. The van der Waals surface area contributed by atoms with E-state index < -0.39 is 22.0 Å². The second-order valence-corrected chi connectivity index (χ2v) is 9.53. The number of aryl methyl sites for hydroxylation is 1. The molecule has 2 aromatic heterocycles. The third-order valence-electron chi connectivity index (χ3n) is 5.56. The van der Waals surface area contributed by atoms with Gasteiger partial charge in [0.15, 0.2) is 5.76 Å². The molecule has 10 heteroatoms. The first-order valence-corrected chi connectivity index (χ1v) is 11.9. The number of nitrogens with zero attached hydrogens (tertiary/aromatic N) is 3. The zero-order valence-electron chi connectivity index (χ0n) is 18.0. The maximum atomic E-state index is 13.0. The first-order chi connectivity index (χ1) is 15.4. The molecule has 3 aromatic rings. The van der Waals surface area contributed by atoms with Crippen LogP contribution in [0.15, 0.2) is 58.3 Å². The molecule has 0 aliphatic carbocycles. The van der Waals surface area contributed by atoms with Gasteiger partial charge in [0.25, 0.3) is 15.9 Å². The number of rotatable bonds is 7. The SMILES string of the molecule is COc1ccc(C(NC(=O)c2ccc(S(=O)(=O)N3CCCCC3)o2)c2nccn2C)cc1. The van der Waals surface area contributed by atoms with Crippen LogP contribution in [0.2, 0.25) is 0 Å². The number of furan rings is 1. The van der Waals surface area contributed by atoms with Crippen LogP contribution in [0.1, 0.15) is 47.2 Å².